The zero-order valence-corrected chi connectivity index (χ0v) is 9.04. The largest absolute Gasteiger partial charge is 0.240 e. The van der Waals surface area contributed by atoms with Gasteiger partial charge in [0.25, 0.3) is 0 Å². The Bertz CT molecular complexity index is 380. The van der Waals surface area contributed by atoms with Crippen LogP contribution in [0.5, 0.6) is 0 Å². The number of thioether (sulfide) groups is 1. The van der Waals surface area contributed by atoms with E-state index in [0.717, 1.165) is 11.8 Å². The van der Waals surface area contributed by atoms with Crippen LogP contribution in [0.4, 0.5) is 10.1 Å². The summed E-state index contributed by atoms with van der Waals surface area (Å²) in [4.78, 5) is 12.2. The van der Waals surface area contributed by atoms with Crippen LogP contribution in [0.3, 0.4) is 0 Å². The zero-order valence-electron chi connectivity index (χ0n) is 6.71. The predicted molar refractivity (Wildman–Crippen MR) is 55.8 cm³/mol. The molecule has 0 aliphatic rings. The van der Waals surface area contributed by atoms with Gasteiger partial charge in [-0.1, -0.05) is 35.0 Å². The Morgan fingerprint density at radius 1 is 1.57 bits per heavy atom. The van der Waals surface area contributed by atoms with E-state index in [1.54, 1.807) is 0 Å². The molecular weight excluding hydrogens is 248 g/mol. The van der Waals surface area contributed by atoms with E-state index in [1.165, 1.54) is 24.3 Å². The molecule has 0 N–H and O–H groups in total. The first-order chi connectivity index (χ1) is 6.63. The molecule has 0 saturated carbocycles. The van der Waals surface area contributed by atoms with Gasteiger partial charge in [0.1, 0.15) is 0 Å². The van der Waals surface area contributed by atoms with Crippen LogP contribution in [-0.2, 0) is 4.79 Å². The fourth-order valence-corrected chi connectivity index (χ4v) is 1.91. The summed E-state index contributed by atoms with van der Waals surface area (Å²) in [7, 11) is 0. The summed E-state index contributed by atoms with van der Waals surface area (Å²) in [6, 6.07) is 4.50. The summed E-state index contributed by atoms with van der Waals surface area (Å²) in [5, 5.41) is 0.301. The molecule has 1 unspecified atom stereocenters. The van der Waals surface area contributed by atoms with E-state index in [1.807, 2.05) is 0 Å². The molecule has 74 valence electrons. The minimum atomic E-state index is -1.55. The van der Waals surface area contributed by atoms with Gasteiger partial charge >= 0.3 is 0 Å². The SMILES string of the molecule is O=C=Nc1ccc(SC(F)Cl)c(Cl)c1. The highest BCUT2D eigenvalue weighted by Gasteiger charge is 2.07. The predicted octanol–water partition coefficient (Wildman–Crippen LogP) is 3.89. The van der Waals surface area contributed by atoms with Crippen molar-refractivity contribution in [3.63, 3.8) is 0 Å². The number of alkyl halides is 2. The van der Waals surface area contributed by atoms with Crippen LogP contribution >= 0.6 is 35.0 Å². The lowest BCUT2D eigenvalue weighted by Crippen LogP contribution is -1.80. The zero-order chi connectivity index (χ0) is 10.6. The third-order valence-corrected chi connectivity index (χ3v) is 2.79. The fraction of sp³-hybridized carbons (Fsp3) is 0.125. The number of benzene rings is 1. The third kappa shape index (κ3) is 3.31. The molecule has 1 aromatic carbocycles. The Morgan fingerprint density at radius 3 is 2.79 bits per heavy atom. The summed E-state index contributed by atoms with van der Waals surface area (Å²) in [5.41, 5.74) is 0.374. The first-order valence-corrected chi connectivity index (χ1v) is 5.15. The van der Waals surface area contributed by atoms with Crippen molar-refractivity contribution in [3.8, 4) is 0 Å². The summed E-state index contributed by atoms with van der Waals surface area (Å²) in [6.07, 6.45) is 1.38. The summed E-state index contributed by atoms with van der Waals surface area (Å²) in [6.45, 7) is 0. The minimum Gasteiger partial charge on any atom is -0.217 e. The maximum atomic E-state index is 12.4. The molecule has 0 heterocycles. The van der Waals surface area contributed by atoms with Crippen LogP contribution in [0.2, 0.25) is 5.02 Å². The van der Waals surface area contributed by atoms with Crippen molar-refractivity contribution in [2.24, 2.45) is 4.99 Å². The highest BCUT2D eigenvalue weighted by Crippen LogP contribution is 2.34. The van der Waals surface area contributed by atoms with Crippen LogP contribution in [0.1, 0.15) is 0 Å². The Balaban J connectivity index is 2.95. The molecule has 0 aliphatic carbocycles. The number of hydrogen-bond acceptors (Lipinski definition) is 3. The van der Waals surface area contributed by atoms with E-state index in [4.69, 9.17) is 23.2 Å². The van der Waals surface area contributed by atoms with E-state index in [2.05, 4.69) is 4.99 Å². The Hall–Kier alpha value is -0.540. The number of halogens is 3. The van der Waals surface area contributed by atoms with Crippen molar-refractivity contribution in [1.82, 2.24) is 0 Å². The summed E-state index contributed by atoms with van der Waals surface area (Å²) in [5.74, 6) is 0. The maximum Gasteiger partial charge on any atom is 0.240 e. The molecule has 0 bridgehead atoms. The molecule has 6 heteroatoms. The average molecular weight is 252 g/mol. The molecule has 0 aromatic heterocycles. The third-order valence-electron chi connectivity index (χ3n) is 1.31. The van der Waals surface area contributed by atoms with E-state index in [-0.39, 0.29) is 0 Å². The highest BCUT2D eigenvalue weighted by molar-refractivity contribution is 8.01. The second-order valence-corrected chi connectivity index (χ2v) is 4.33. The van der Waals surface area contributed by atoms with Crippen LogP contribution in [-0.4, -0.2) is 11.0 Å². The van der Waals surface area contributed by atoms with Gasteiger partial charge in [-0.2, -0.15) is 4.99 Å². The smallest absolute Gasteiger partial charge is 0.217 e. The van der Waals surface area contributed by atoms with Gasteiger partial charge in [-0.15, -0.1) is 0 Å². The van der Waals surface area contributed by atoms with Crippen LogP contribution in [0.15, 0.2) is 28.1 Å². The molecule has 0 amide bonds. The lowest BCUT2D eigenvalue weighted by molar-refractivity contribution is 0.560. The van der Waals surface area contributed by atoms with Crippen LogP contribution in [0, 0.1) is 0 Å². The maximum absolute atomic E-state index is 12.4. The molecular formula is C8H4Cl2FNOS. The van der Waals surface area contributed by atoms with E-state index in [9.17, 15) is 9.18 Å². The highest BCUT2D eigenvalue weighted by atomic mass is 35.5. The molecule has 2 nitrogen and oxygen atoms in total. The number of hydrogen-bond donors (Lipinski definition) is 0. The number of nitrogens with zero attached hydrogens (tertiary/aromatic N) is 1. The lowest BCUT2D eigenvalue weighted by Gasteiger charge is -2.03. The van der Waals surface area contributed by atoms with E-state index < -0.39 is 4.96 Å². The van der Waals surface area contributed by atoms with Gasteiger partial charge in [0.15, 0.2) is 0 Å². The topological polar surface area (TPSA) is 29.4 Å². The average Bonchev–Trinajstić information content (AvgIpc) is 2.10. The van der Waals surface area contributed by atoms with E-state index in [0.29, 0.717) is 15.6 Å². The summed E-state index contributed by atoms with van der Waals surface area (Å²) < 4.78 is 12.4. The van der Waals surface area contributed by atoms with Gasteiger partial charge in [0.2, 0.25) is 11.0 Å². The molecule has 0 fully saturated rings. The normalized spacial score (nSPS) is 11.9. The van der Waals surface area contributed by atoms with Crippen molar-refractivity contribution in [2.45, 2.75) is 9.86 Å². The van der Waals surface area contributed by atoms with Gasteiger partial charge in [-0.05, 0) is 18.2 Å². The van der Waals surface area contributed by atoms with Crippen molar-refractivity contribution < 1.29 is 9.18 Å². The van der Waals surface area contributed by atoms with Gasteiger partial charge in [0.05, 0.1) is 10.7 Å². The number of rotatable bonds is 3. The minimum absolute atomic E-state index is 0.301. The molecule has 0 aliphatic heterocycles. The van der Waals surface area contributed by atoms with Crippen LogP contribution in [0.25, 0.3) is 0 Å². The fourth-order valence-electron chi connectivity index (χ4n) is 0.804. The number of aliphatic imine (C=N–C) groups is 1. The first kappa shape index (κ1) is 11.5. The molecule has 14 heavy (non-hydrogen) atoms. The van der Waals surface area contributed by atoms with Crippen molar-refractivity contribution >= 4 is 46.7 Å². The van der Waals surface area contributed by atoms with Crippen LogP contribution < -0.4 is 0 Å². The molecule has 1 atom stereocenters. The lowest BCUT2D eigenvalue weighted by atomic mass is 10.3. The Morgan fingerprint density at radius 2 is 2.29 bits per heavy atom. The van der Waals surface area contributed by atoms with Crippen molar-refractivity contribution in [2.75, 3.05) is 0 Å². The second kappa shape index (κ2) is 5.37. The van der Waals surface area contributed by atoms with Crippen molar-refractivity contribution in [3.05, 3.63) is 23.2 Å². The Labute approximate surface area is 94.1 Å². The van der Waals surface area contributed by atoms with Gasteiger partial charge in [0, 0.05) is 4.90 Å². The monoisotopic (exact) mass is 251 g/mol. The van der Waals surface area contributed by atoms with Gasteiger partial charge in [-0.3, -0.25) is 0 Å². The molecule has 0 radical (unpaired) electrons. The molecule has 1 aromatic rings. The van der Waals surface area contributed by atoms with Crippen molar-refractivity contribution in [1.29, 1.82) is 0 Å². The molecule has 0 spiro atoms. The molecule has 1 rings (SSSR count). The molecule has 0 saturated heterocycles. The first-order valence-electron chi connectivity index (χ1n) is 3.45. The van der Waals surface area contributed by atoms with Gasteiger partial charge < -0.3 is 0 Å². The Kier molecular flexibility index (Phi) is 4.42. The van der Waals surface area contributed by atoms with Gasteiger partial charge in [-0.25, -0.2) is 9.18 Å². The number of isocyanates is 1. The standard InChI is InChI=1S/C8H4Cl2FNOS/c9-6-3-5(12-4-13)1-2-7(6)14-8(10)11/h1-3,8H. The quantitative estimate of drug-likeness (QED) is 0.353. The van der Waals surface area contributed by atoms with E-state index >= 15 is 0 Å². The number of carbonyl (C=O) groups excluding carboxylic acids is 1. The second-order valence-electron chi connectivity index (χ2n) is 2.20. The summed E-state index contributed by atoms with van der Waals surface area (Å²) >= 11 is 11.7.